The summed E-state index contributed by atoms with van der Waals surface area (Å²) in [4.78, 5) is 52.0. The maximum Gasteiger partial charge on any atom is 0.335 e. The number of nitrogens with one attached hydrogen (secondary N) is 2. The lowest BCUT2D eigenvalue weighted by molar-refractivity contribution is -0.122. The fourth-order valence-corrected chi connectivity index (χ4v) is 4.96. The Kier molecular flexibility index (Phi) is 10.1. The van der Waals surface area contributed by atoms with Crippen molar-refractivity contribution in [3.05, 3.63) is 79.9 Å². The summed E-state index contributed by atoms with van der Waals surface area (Å²) in [5, 5.41) is 5.48. The molecule has 1 aliphatic heterocycles. The van der Waals surface area contributed by atoms with Gasteiger partial charge in [-0.3, -0.25) is 19.7 Å². The van der Waals surface area contributed by atoms with E-state index in [4.69, 9.17) is 25.8 Å². The Morgan fingerprint density at radius 2 is 1.71 bits per heavy atom. The molecule has 0 unspecified atom stereocenters. The summed E-state index contributed by atoms with van der Waals surface area (Å²) in [6.45, 7) is 5.94. The first kappa shape index (κ1) is 30.8. The van der Waals surface area contributed by atoms with Gasteiger partial charge in [-0.05, 0) is 109 Å². The van der Waals surface area contributed by atoms with Gasteiger partial charge in [0.15, 0.2) is 18.1 Å². The van der Waals surface area contributed by atoms with Gasteiger partial charge < -0.3 is 19.5 Å². The van der Waals surface area contributed by atoms with Crippen molar-refractivity contribution in [1.29, 1.82) is 0 Å². The Morgan fingerprint density at radius 1 is 1.00 bits per heavy atom. The van der Waals surface area contributed by atoms with Crippen LogP contribution in [0.15, 0.2) is 60.2 Å². The third-order valence-corrected chi connectivity index (χ3v) is 7.16. The van der Waals surface area contributed by atoms with E-state index in [1.807, 2.05) is 36.4 Å². The van der Waals surface area contributed by atoms with Gasteiger partial charge in [-0.15, -0.1) is 0 Å². The van der Waals surface area contributed by atoms with Crippen LogP contribution in [0.4, 0.5) is 16.2 Å². The molecule has 0 bridgehead atoms. The Bertz CT molecular complexity index is 1570. The van der Waals surface area contributed by atoms with Crippen LogP contribution in [0.1, 0.15) is 25.0 Å². The predicted molar refractivity (Wildman–Crippen MR) is 167 cm³/mol. The fraction of sp³-hybridized carbons (Fsp3) is 0.200. The summed E-state index contributed by atoms with van der Waals surface area (Å²) >= 11 is 8.15. The number of ether oxygens (including phenoxy) is 3. The van der Waals surface area contributed by atoms with Crippen LogP contribution >= 0.6 is 34.2 Å². The van der Waals surface area contributed by atoms with E-state index in [1.54, 1.807) is 61.5 Å². The Hall–Kier alpha value is -4.10. The van der Waals surface area contributed by atoms with Gasteiger partial charge >= 0.3 is 6.03 Å². The first-order valence-corrected chi connectivity index (χ1v) is 14.4. The lowest BCUT2D eigenvalue weighted by Gasteiger charge is -2.26. The summed E-state index contributed by atoms with van der Waals surface area (Å²) in [5.74, 6) is -0.798. The lowest BCUT2D eigenvalue weighted by Crippen LogP contribution is -2.54. The molecule has 10 nitrogen and oxygen atoms in total. The zero-order valence-electron chi connectivity index (χ0n) is 23.0. The average Bonchev–Trinajstić information content (AvgIpc) is 2.94. The topological polar surface area (TPSA) is 123 Å². The molecule has 3 aromatic carbocycles. The Balaban J connectivity index is 1.56. The quantitative estimate of drug-likeness (QED) is 0.157. The molecule has 2 N–H and O–H groups in total. The number of amides is 5. The molecular weight excluding hydrogens is 677 g/mol. The number of hydrogen-bond acceptors (Lipinski definition) is 7. The van der Waals surface area contributed by atoms with E-state index in [9.17, 15) is 19.2 Å². The first-order chi connectivity index (χ1) is 20.1. The van der Waals surface area contributed by atoms with Gasteiger partial charge in [0.25, 0.3) is 17.7 Å². The van der Waals surface area contributed by atoms with Crippen LogP contribution in [0.3, 0.4) is 0 Å². The molecule has 5 amide bonds. The molecule has 1 saturated heterocycles. The highest BCUT2D eigenvalue weighted by molar-refractivity contribution is 14.1. The number of carbonyl (C=O) groups excluding carboxylic acids is 4. The van der Waals surface area contributed by atoms with Gasteiger partial charge in [-0.2, -0.15) is 0 Å². The second-order valence-electron chi connectivity index (χ2n) is 8.95. The van der Waals surface area contributed by atoms with Gasteiger partial charge in [-0.1, -0.05) is 17.7 Å². The number of benzene rings is 3. The number of rotatable bonds is 10. The van der Waals surface area contributed by atoms with Crippen LogP contribution in [0, 0.1) is 10.5 Å². The smallest absolute Gasteiger partial charge is 0.335 e. The molecule has 218 valence electrons. The molecule has 1 fully saturated rings. The number of barbiturate groups is 1. The van der Waals surface area contributed by atoms with E-state index >= 15 is 0 Å². The number of anilines is 2. The molecule has 0 saturated carbocycles. The molecule has 42 heavy (non-hydrogen) atoms. The van der Waals surface area contributed by atoms with Gasteiger partial charge in [0.1, 0.15) is 11.3 Å². The third-order valence-electron chi connectivity index (χ3n) is 5.95. The summed E-state index contributed by atoms with van der Waals surface area (Å²) in [6.07, 6.45) is 1.37. The maximum atomic E-state index is 13.3. The summed E-state index contributed by atoms with van der Waals surface area (Å²) < 4.78 is 17.5. The van der Waals surface area contributed by atoms with Gasteiger partial charge in [0.2, 0.25) is 0 Å². The maximum absolute atomic E-state index is 13.3. The van der Waals surface area contributed by atoms with Crippen LogP contribution in [-0.4, -0.2) is 43.6 Å². The largest absolute Gasteiger partial charge is 0.494 e. The van der Waals surface area contributed by atoms with E-state index in [0.717, 1.165) is 10.5 Å². The minimum absolute atomic E-state index is 0.244. The van der Waals surface area contributed by atoms with Crippen molar-refractivity contribution < 1.29 is 33.4 Å². The van der Waals surface area contributed by atoms with Crippen molar-refractivity contribution in [2.24, 2.45) is 0 Å². The summed E-state index contributed by atoms with van der Waals surface area (Å²) in [5.41, 5.74) is 1.91. The van der Waals surface area contributed by atoms with Crippen LogP contribution < -0.4 is 29.7 Å². The van der Waals surface area contributed by atoms with Crippen LogP contribution in [0.25, 0.3) is 6.08 Å². The first-order valence-electron chi connectivity index (χ1n) is 12.9. The van der Waals surface area contributed by atoms with Crippen molar-refractivity contribution in [1.82, 2.24) is 5.32 Å². The second-order valence-corrected chi connectivity index (χ2v) is 10.5. The summed E-state index contributed by atoms with van der Waals surface area (Å²) in [7, 11) is 0. The van der Waals surface area contributed by atoms with Gasteiger partial charge in [0, 0.05) is 10.7 Å². The van der Waals surface area contributed by atoms with Crippen LogP contribution in [0.5, 0.6) is 17.2 Å². The number of urea groups is 1. The van der Waals surface area contributed by atoms with Crippen LogP contribution in [0.2, 0.25) is 5.02 Å². The molecule has 1 heterocycles. The van der Waals surface area contributed by atoms with Crippen molar-refractivity contribution in [3.8, 4) is 17.2 Å². The SMILES string of the molecule is CCOc1ccc(N2C(=O)NC(=O)/C(=C\c3cc(I)c(OCC(=O)Nc4ccc(C)c(Cl)c4)c(OCC)c3)C2=O)cc1. The fourth-order valence-electron chi connectivity index (χ4n) is 4.00. The number of carbonyl (C=O) groups is 4. The molecule has 1 aliphatic rings. The minimum Gasteiger partial charge on any atom is -0.494 e. The zero-order valence-corrected chi connectivity index (χ0v) is 25.9. The Labute approximate surface area is 261 Å². The van der Waals surface area contributed by atoms with Gasteiger partial charge in [0.05, 0.1) is 22.5 Å². The third kappa shape index (κ3) is 7.21. The lowest BCUT2D eigenvalue weighted by atomic mass is 10.1. The predicted octanol–water partition coefficient (Wildman–Crippen LogP) is 5.73. The van der Waals surface area contributed by atoms with E-state index < -0.39 is 23.8 Å². The summed E-state index contributed by atoms with van der Waals surface area (Å²) in [6, 6.07) is 14.0. The molecule has 3 aromatic rings. The van der Waals surface area contributed by atoms with Crippen molar-refractivity contribution in [2.75, 3.05) is 30.0 Å². The zero-order chi connectivity index (χ0) is 30.4. The highest BCUT2D eigenvalue weighted by Crippen LogP contribution is 2.35. The molecule has 0 spiro atoms. The highest BCUT2D eigenvalue weighted by atomic mass is 127. The number of aryl methyl sites for hydroxylation is 1. The number of halogens is 2. The molecule has 12 heteroatoms. The van der Waals surface area contributed by atoms with E-state index in [0.29, 0.717) is 50.3 Å². The monoisotopic (exact) mass is 703 g/mol. The molecule has 0 radical (unpaired) electrons. The number of hydrogen-bond donors (Lipinski definition) is 2. The van der Waals surface area contributed by atoms with E-state index in [2.05, 4.69) is 10.6 Å². The molecule has 0 atom stereocenters. The van der Waals surface area contributed by atoms with E-state index in [-0.39, 0.29) is 17.9 Å². The number of nitrogens with zero attached hydrogens (tertiary/aromatic N) is 1. The molecule has 0 aliphatic carbocycles. The standard InChI is InChI=1S/C30H27ClIN3O7/c1-4-40-21-10-8-20(9-11-21)35-29(38)22(28(37)34-30(35)39)12-18-13-24(32)27(25(14-18)41-5-2)42-16-26(36)33-19-7-6-17(3)23(31)15-19/h6-15H,4-5,16H2,1-3H3,(H,33,36)(H,34,37,39)/b22-12+. The molecule has 0 aromatic heterocycles. The molecule has 4 rings (SSSR count). The van der Waals surface area contributed by atoms with Gasteiger partial charge in [-0.25, -0.2) is 9.69 Å². The van der Waals surface area contributed by atoms with Crippen molar-refractivity contribution in [3.63, 3.8) is 0 Å². The van der Waals surface area contributed by atoms with E-state index in [1.165, 1.54) is 6.08 Å². The minimum atomic E-state index is -0.856. The number of imide groups is 2. The van der Waals surface area contributed by atoms with Crippen LogP contribution in [-0.2, 0) is 14.4 Å². The normalized spacial score (nSPS) is 14.1. The average molecular weight is 704 g/mol. The van der Waals surface area contributed by atoms with Crippen molar-refractivity contribution >= 4 is 75.4 Å². The molecular formula is C30H27ClIN3O7. The van der Waals surface area contributed by atoms with Crippen molar-refractivity contribution in [2.45, 2.75) is 20.8 Å². The Morgan fingerprint density at radius 3 is 2.38 bits per heavy atom. The highest BCUT2D eigenvalue weighted by Gasteiger charge is 2.37. The second kappa shape index (κ2) is 13.7.